The highest BCUT2D eigenvalue weighted by molar-refractivity contribution is 9.11. The predicted molar refractivity (Wildman–Crippen MR) is 98.3 cm³/mol. The quantitative estimate of drug-likeness (QED) is 0.569. The van der Waals surface area contributed by atoms with Gasteiger partial charge in [0.1, 0.15) is 10.0 Å². The molecule has 1 N–H and O–H groups in total. The first-order valence-electron chi connectivity index (χ1n) is 6.59. The first-order valence-corrected chi connectivity index (χ1v) is 10.5. The third-order valence-electron chi connectivity index (χ3n) is 3.02. The normalized spacial score (nSPS) is 11.6. The Balaban J connectivity index is 1.80. The lowest BCUT2D eigenvalue weighted by atomic mass is 10.2. The predicted octanol–water partition coefficient (Wildman–Crippen LogP) is 4.46. The van der Waals surface area contributed by atoms with Crippen LogP contribution in [0.1, 0.15) is 5.56 Å². The van der Waals surface area contributed by atoms with Gasteiger partial charge in [0.25, 0.3) is 10.0 Å². The van der Waals surface area contributed by atoms with Crippen LogP contribution < -0.4 is 4.72 Å². The monoisotopic (exact) mass is 493 g/mol. The molecular weight excluding hydrogens is 485 g/mol. The molecule has 0 saturated carbocycles. The summed E-state index contributed by atoms with van der Waals surface area (Å²) in [5.74, 6) is -0.113. The summed E-state index contributed by atoms with van der Waals surface area (Å²) in [7, 11) is -3.70. The summed E-state index contributed by atoms with van der Waals surface area (Å²) in [6.45, 7) is 0.394. The summed E-state index contributed by atoms with van der Waals surface area (Å²) in [5, 5.41) is 4.22. The molecule has 0 saturated heterocycles. The van der Waals surface area contributed by atoms with Crippen LogP contribution in [-0.4, -0.2) is 18.2 Å². The van der Waals surface area contributed by atoms with Gasteiger partial charge in [0.15, 0.2) is 5.82 Å². The van der Waals surface area contributed by atoms with E-state index in [-0.39, 0.29) is 15.8 Å². The fraction of sp³-hybridized carbons (Fsp3) is 0.0714. The Morgan fingerprint density at radius 2 is 1.88 bits per heavy atom. The Bertz CT molecular complexity index is 968. The SMILES string of the molecule is O=S(=O)(Nc1nn(Cc2ccc(F)cc2)cc1Br)c1ccc(Br)s1. The molecule has 0 aliphatic heterocycles. The topological polar surface area (TPSA) is 64.0 Å². The zero-order valence-electron chi connectivity index (χ0n) is 11.9. The maximum atomic E-state index is 12.9. The number of halogens is 3. The molecule has 0 atom stereocenters. The summed E-state index contributed by atoms with van der Waals surface area (Å²) in [6.07, 6.45) is 1.66. The lowest BCUT2D eigenvalue weighted by molar-refractivity contribution is 0.602. The summed E-state index contributed by atoms with van der Waals surface area (Å²) in [6, 6.07) is 9.22. The van der Waals surface area contributed by atoms with Gasteiger partial charge in [-0.05, 0) is 61.7 Å². The number of rotatable bonds is 5. The molecule has 0 bridgehead atoms. The van der Waals surface area contributed by atoms with Crippen molar-refractivity contribution in [1.29, 1.82) is 0 Å². The van der Waals surface area contributed by atoms with Gasteiger partial charge in [-0.15, -0.1) is 11.3 Å². The van der Waals surface area contributed by atoms with Gasteiger partial charge in [0, 0.05) is 6.20 Å². The first-order chi connectivity index (χ1) is 11.3. The summed E-state index contributed by atoms with van der Waals surface area (Å²) in [4.78, 5) is 0. The van der Waals surface area contributed by atoms with E-state index in [1.54, 1.807) is 29.1 Å². The lowest BCUT2D eigenvalue weighted by Gasteiger charge is -2.04. The van der Waals surface area contributed by atoms with Crippen molar-refractivity contribution < 1.29 is 12.8 Å². The maximum absolute atomic E-state index is 12.9. The van der Waals surface area contributed by atoms with Gasteiger partial charge in [0.05, 0.1) is 14.8 Å². The standard InChI is InChI=1S/C14H10Br2FN3O2S2/c15-11-8-20(7-9-1-3-10(17)4-2-9)18-14(11)19-24(21,22)13-6-5-12(16)23-13/h1-6,8H,7H2,(H,18,19). The highest BCUT2D eigenvalue weighted by atomic mass is 79.9. The molecule has 5 nitrogen and oxygen atoms in total. The first kappa shape index (κ1) is 17.6. The second-order valence-electron chi connectivity index (χ2n) is 4.81. The second-order valence-corrected chi connectivity index (χ2v) is 10.0. The minimum atomic E-state index is -3.70. The molecule has 126 valence electrons. The van der Waals surface area contributed by atoms with Crippen molar-refractivity contribution in [1.82, 2.24) is 9.78 Å². The third kappa shape index (κ3) is 4.05. The molecule has 10 heteroatoms. The van der Waals surface area contributed by atoms with Crippen molar-refractivity contribution in [2.45, 2.75) is 10.8 Å². The van der Waals surface area contributed by atoms with E-state index in [9.17, 15) is 12.8 Å². The number of thiophene rings is 1. The van der Waals surface area contributed by atoms with Crippen LogP contribution in [0.5, 0.6) is 0 Å². The zero-order chi connectivity index (χ0) is 17.3. The molecule has 2 aromatic heterocycles. The smallest absolute Gasteiger partial charge is 0.265 e. The minimum Gasteiger partial charge on any atom is -0.265 e. The molecule has 3 aromatic rings. The van der Waals surface area contributed by atoms with Crippen LogP contribution in [0.25, 0.3) is 0 Å². The average molecular weight is 495 g/mol. The zero-order valence-corrected chi connectivity index (χ0v) is 16.7. The molecule has 24 heavy (non-hydrogen) atoms. The van der Waals surface area contributed by atoms with Crippen molar-refractivity contribution >= 4 is 59.0 Å². The van der Waals surface area contributed by atoms with E-state index in [2.05, 4.69) is 41.7 Å². The molecule has 0 unspecified atom stereocenters. The van der Waals surface area contributed by atoms with Crippen LogP contribution >= 0.6 is 43.2 Å². The number of nitrogens with one attached hydrogen (secondary N) is 1. The van der Waals surface area contributed by atoms with Gasteiger partial charge < -0.3 is 0 Å². The van der Waals surface area contributed by atoms with Gasteiger partial charge in [-0.25, -0.2) is 12.8 Å². The summed E-state index contributed by atoms with van der Waals surface area (Å²) >= 11 is 7.65. The molecule has 0 aliphatic carbocycles. The highest BCUT2D eigenvalue weighted by Gasteiger charge is 2.20. The molecule has 1 aromatic carbocycles. The number of anilines is 1. The van der Waals surface area contributed by atoms with Crippen LogP contribution in [0.3, 0.4) is 0 Å². The Hall–Kier alpha value is -1.23. The van der Waals surface area contributed by atoms with E-state index in [0.717, 1.165) is 20.7 Å². The maximum Gasteiger partial charge on any atom is 0.272 e. The largest absolute Gasteiger partial charge is 0.272 e. The van der Waals surface area contributed by atoms with E-state index in [4.69, 9.17) is 0 Å². The van der Waals surface area contributed by atoms with E-state index >= 15 is 0 Å². The third-order valence-corrected chi connectivity index (χ3v) is 7.05. The van der Waals surface area contributed by atoms with Gasteiger partial charge in [-0.3, -0.25) is 9.40 Å². The minimum absolute atomic E-state index is 0.189. The molecule has 2 heterocycles. The van der Waals surface area contributed by atoms with Crippen LogP contribution in [0.4, 0.5) is 10.2 Å². The van der Waals surface area contributed by atoms with Crippen molar-refractivity contribution in [2.24, 2.45) is 0 Å². The van der Waals surface area contributed by atoms with Crippen LogP contribution in [0.15, 0.2) is 55.1 Å². The van der Waals surface area contributed by atoms with E-state index in [0.29, 0.717) is 11.0 Å². The van der Waals surface area contributed by atoms with Gasteiger partial charge in [0.2, 0.25) is 0 Å². The summed E-state index contributed by atoms with van der Waals surface area (Å²) in [5.41, 5.74) is 0.850. The molecule has 0 aliphatic rings. The van der Waals surface area contributed by atoms with E-state index in [1.807, 2.05) is 0 Å². The number of hydrogen-bond donors (Lipinski definition) is 1. The van der Waals surface area contributed by atoms with Gasteiger partial charge >= 0.3 is 0 Å². The Morgan fingerprint density at radius 1 is 1.17 bits per heavy atom. The molecular formula is C14H10Br2FN3O2S2. The number of nitrogens with zero attached hydrogens (tertiary/aromatic N) is 2. The number of aromatic nitrogens is 2. The fourth-order valence-corrected chi connectivity index (χ4v) is 5.52. The Kier molecular flexibility index (Phi) is 5.09. The van der Waals surface area contributed by atoms with Crippen molar-refractivity contribution in [3.63, 3.8) is 0 Å². The number of hydrogen-bond acceptors (Lipinski definition) is 4. The average Bonchev–Trinajstić information content (AvgIpc) is 3.08. The lowest BCUT2D eigenvalue weighted by Crippen LogP contribution is -2.12. The van der Waals surface area contributed by atoms with Crippen LogP contribution in [-0.2, 0) is 16.6 Å². The summed E-state index contributed by atoms with van der Waals surface area (Å²) < 4.78 is 43.1. The Labute approximate surface area is 158 Å². The fourth-order valence-electron chi connectivity index (χ4n) is 1.94. The van der Waals surface area contributed by atoms with Crippen molar-refractivity contribution in [3.05, 3.63) is 62.2 Å². The second kappa shape index (κ2) is 6.95. The number of sulfonamides is 1. The molecule has 0 spiro atoms. The molecule has 0 fully saturated rings. The molecule has 0 radical (unpaired) electrons. The number of benzene rings is 1. The van der Waals surface area contributed by atoms with E-state index < -0.39 is 10.0 Å². The van der Waals surface area contributed by atoms with Gasteiger partial charge in [-0.1, -0.05) is 12.1 Å². The van der Waals surface area contributed by atoms with Crippen molar-refractivity contribution in [3.8, 4) is 0 Å². The van der Waals surface area contributed by atoms with Crippen LogP contribution in [0, 0.1) is 5.82 Å². The van der Waals surface area contributed by atoms with Crippen LogP contribution in [0.2, 0.25) is 0 Å². The van der Waals surface area contributed by atoms with Crippen molar-refractivity contribution in [2.75, 3.05) is 4.72 Å². The highest BCUT2D eigenvalue weighted by Crippen LogP contribution is 2.29. The van der Waals surface area contributed by atoms with E-state index in [1.165, 1.54) is 18.2 Å². The Morgan fingerprint density at radius 3 is 2.50 bits per heavy atom. The van der Waals surface area contributed by atoms with Gasteiger partial charge in [-0.2, -0.15) is 5.10 Å². The molecule has 3 rings (SSSR count). The molecule has 0 amide bonds.